The zero-order valence-corrected chi connectivity index (χ0v) is 13.5. The van der Waals surface area contributed by atoms with E-state index in [-0.39, 0.29) is 11.8 Å². The summed E-state index contributed by atoms with van der Waals surface area (Å²) in [5.41, 5.74) is 1.42. The summed E-state index contributed by atoms with van der Waals surface area (Å²) in [4.78, 5) is 22.7. The molecule has 7 nitrogen and oxygen atoms in total. The average molecular weight is 327 g/mol. The van der Waals surface area contributed by atoms with Crippen molar-refractivity contribution >= 4 is 5.91 Å². The Hall–Kier alpha value is -2.28. The van der Waals surface area contributed by atoms with Crippen molar-refractivity contribution in [2.75, 3.05) is 19.8 Å². The number of amides is 1. The van der Waals surface area contributed by atoms with Crippen LogP contribution < -0.4 is 0 Å². The fourth-order valence-corrected chi connectivity index (χ4v) is 3.05. The predicted molar refractivity (Wildman–Crippen MR) is 86.0 cm³/mol. The lowest BCUT2D eigenvalue weighted by molar-refractivity contribution is 0.0564. The number of hydrogen-bond acceptors (Lipinski definition) is 5. The molecule has 24 heavy (non-hydrogen) atoms. The van der Waals surface area contributed by atoms with E-state index in [1.807, 2.05) is 15.6 Å². The summed E-state index contributed by atoms with van der Waals surface area (Å²) in [7, 11) is 0. The number of carbonyl (C=O) groups excluding carboxylic acids is 1. The number of hydrogen-bond donors (Lipinski definition) is 0. The van der Waals surface area contributed by atoms with Crippen LogP contribution >= 0.6 is 0 Å². The van der Waals surface area contributed by atoms with Crippen LogP contribution in [0.4, 0.5) is 0 Å². The first-order valence-corrected chi connectivity index (χ1v) is 8.43. The summed E-state index contributed by atoms with van der Waals surface area (Å²) in [6.07, 6.45) is 8.99. The molecule has 0 radical (unpaired) electrons. The first-order chi connectivity index (χ1) is 11.8. The van der Waals surface area contributed by atoms with Gasteiger partial charge >= 0.3 is 0 Å². The summed E-state index contributed by atoms with van der Waals surface area (Å²) >= 11 is 0. The van der Waals surface area contributed by atoms with Crippen molar-refractivity contribution in [1.82, 2.24) is 24.6 Å². The Bertz CT molecular complexity index is 698. The number of fused-ring (bicyclic) bond motifs is 1. The number of nitrogens with zero attached hydrogens (tertiary/aromatic N) is 5. The summed E-state index contributed by atoms with van der Waals surface area (Å²) in [5.74, 6) is 0.879. The van der Waals surface area contributed by atoms with E-state index in [1.165, 1.54) is 19.0 Å². The Morgan fingerprint density at radius 2 is 2.04 bits per heavy atom. The molecule has 2 aromatic heterocycles. The van der Waals surface area contributed by atoms with Gasteiger partial charge in [-0.1, -0.05) is 0 Å². The Balaban J connectivity index is 1.49. The van der Waals surface area contributed by atoms with Crippen molar-refractivity contribution in [3.8, 4) is 0 Å². The second-order valence-corrected chi connectivity index (χ2v) is 6.63. The molecule has 0 N–H and O–H groups in total. The fourth-order valence-electron chi connectivity index (χ4n) is 3.05. The highest BCUT2D eigenvalue weighted by molar-refractivity contribution is 5.91. The van der Waals surface area contributed by atoms with Gasteiger partial charge in [0.15, 0.2) is 0 Å². The third-order valence-electron chi connectivity index (χ3n) is 4.54. The molecule has 2 aromatic rings. The fraction of sp³-hybridized carbons (Fsp3) is 0.529. The van der Waals surface area contributed by atoms with E-state index in [1.54, 1.807) is 18.6 Å². The largest absolute Gasteiger partial charge is 0.381 e. The molecule has 1 saturated carbocycles. The molecule has 1 aliphatic carbocycles. The van der Waals surface area contributed by atoms with Gasteiger partial charge in [-0.3, -0.25) is 14.5 Å². The third-order valence-corrected chi connectivity index (χ3v) is 4.54. The summed E-state index contributed by atoms with van der Waals surface area (Å²) in [5, 5.41) is 4.38. The molecule has 1 fully saturated rings. The van der Waals surface area contributed by atoms with Gasteiger partial charge in [0, 0.05) is 44.2 Å². The molecule has 0 unspecified atom stereocenters. The molecule has 0 aromatic carbocycles. The molecular formula is C17H21N5O2. The Kier molecular flexibility index (Phi) is 4.25. The van der Waals surface area contributed by atoms with Crippen molar-refractivity contribution in [3.63, 3.8) is 0 Å². The molecule has 1 atom stereocenters. The van der Waals surface area contributed by atoms with Crippen molar-refractivity contribution < 1.29 is 9.53 Å². The monoisotopic (exact) mass is 327 g/mol. The van der Waals surface area contributed by atoms with E-state index in [4.69, 9.17) is 4.74 Å². The van der Waals surface area contributed by atoms with Crippen molar-refractivity contribution in [2.24, 2.45) is 11.8 Å². The van der Waals surface area contributed by atoms with Crippen molar-refractivity contribution in [3.05, 3.63) is 42.2 Å². The van der Waals surface area contributed by atoms with Gasteiger partial charge in [0.25, 0.3) is 5.91 Å². The van der Waals surface area contributed by atoms with Crippen LogP contribution in [0.3, 0.4) is 0 Å². The molecule has 0 saturated heterocycles. The Morgan fingerprint density at radius 1 is 1.17 bits per heavy atom. The van der Waals surface area contributed by atoms with Crippen LogP contribution in [0.5, 0.6) is 0 Å². The van der Waals surface area contributed by atoms with Crippen LogP contribution in [0.25, 0.3) is 0 Å². The normalized spacial score (nSPS) is 20.5. The lowest BCUT2D eigenvalue weighted by Crippen LogP contribution is -2.36. The Labute approximate surface area is 140 Å². The molecule has 7 heteroatoms. The van der Waals surface area contributed by atoms with Gasteiger partial charge in [-0.15, -0.1) is 0 Å². The topological polar surface area (TPSA) is 73.1 Å². The van der Waals surface area contributed by atoms with Gasteiger partial charge in [-0.2, -0.15) is 5.10 Å². The molecule has 1 aliphatic heterocycles. The number of aromatic nitrogens is 4. The van der Waals surface area contributed by atoms with E-state index >= 15 is 0 Å². The van der Waals surface area contributed by atoms with Crippen LogP contribution in [0.1, 0.15) is 29.0 Å². The molecule has 2 aliphatic rings. The third kappa shape index (κ3) is 3.46. The van der Waals surface area contributed by atoms with Crippen LogP contribution in [0.2, 0.25) is 0 Å². The summed E-state index contributed by atoms with van der Waals surface area (Å²) in [6.45, 7) is 3.44. The number of carbonyl (C=O) groups is 1. The molecular weight excluding hydrogens is 306 g/mol. The quantitative estimate of drug-likeness (QED) is 0.829. The van der Waals surface area contributed by atoms with Gasteiger partial charge in [-0.25, -0.2) is 4.98 Å². The number of ether oxygens (including phenoxy) is 1. The maximum absolute atomic E-state index is 12.8. The van der Waals surface area contributed by atoms with Gasteiger partial charge in [0.1, 0.15) is 5.69 Å². The minimum absolute atomic E-state index is 0.0926. The zero-order chi connectivity index (χ0) is 16.4. The van der Waals surface area contributed by atoms with Crippen LogP contribution in [-0.4, -0.2) is 50.3 Å². The van der Waals surface area contributed by atoms with E-state index in [0.717, 1.165) is 24.8 Å². The van der Waals surface area contributed by atoms with E-state index in [2.05, 4.69) is 15.1 Å². The predicted octanol–water partition coefficient (Wildman–Crippen LogP) is 1.37. The van der Waals surface area contributed by atoms with Crippen molar-refractivity contribution in [1.29, 1.82) is 0 Å². The minimum Gasteiger partial charge on any atom is -0.381 e. The highest BCUT2D eigenvalue weighted by Gasteiger charge is 2.28. The zero-order valence-electron chi connectivity index (χ0n) is 13.5. The highest BCUT2D eigenvalue weighted by atomic mass is 16.5. The van der Waals surface area contributed by atoms with E-state index < -0.39 is 0 Å². The minimum atomic E-state index is -0.0926. The standard InChI is InChI=1S/C17H21N5O2/c23-17(16-7-18-5-6-19-16)21-8-14(12-24-11-13-1-2-13)9-22-15(10-21)3-4-20-22/h3-7,13-14H,1-2,8-12H2/t14-/m0/s1. The van der Waals surface area contributed by atoms with Crippen LogP contribution in [0.15, 0.2) is 30.9 Å². The second kappa shape index (κ2) is 6.68. The molecule has 1 amide bonds. The number of rotatable bonds is 5. The van der Waals surface area contributed by atoms with E-state index in [0.29, 0.717) is 25.4 Å². The molecule has 126 valence electrons. The maximum Gasteiger partial charge on any atom is 0.274 e. The molecule has 4 rings (SSSR count). The first kappa shape index (κ1) is 15.3. The molecule has 0 bridgehead atoms. The second-order valence-electron chi connectivity index (χ2n) is 6.63. The van der Waals surface area contributed by atoms with Gasteiger partial charge in [0.2, 0.25) is 0 Å². The Morgan fingerprint density at radius 3 is 2.83 bits per heavy atom. The van der Waals surface area contributed by atoms with Crippen LogP contribution in [-0.2, 0) is 17.8 Å². The molecule has 3 heterocycles. The SMILES string of the molecule is O=C(c1cnccn1)N1Cc2ccnn2C[C@@H](COCC2CC2)C1. The lowest BCUT2D eigenvalue weighted by atomic mass is 10.1. The maximum atomic E-state index is 12.8. The highest BCUT2D eigenvalue weighted by Crippen LogP contribution is 2.29. The first-order valence-electron chi connectivity index (χ1n) is 8.43. The summed E-state index contributed by atoms with van der Waals surface area (Å²) < 4.78 is 7.85. The van der Waals surface area contributed by atoms with Gasteiger partial charge < -0.3 is 9.64 Å². The van der Waals surface area contributed by atoms with Gasteiger partial charge in [0.05, 0.1) is 25.0 Å². The lowest BCUT2D eigenvalue weighted by Gasteiger charge is -2.23. The average Bonchev–Trinajstić information content (AvgIpc) is 3.37. The smallest absolute Gasteiger partial charge is 0.274 e. The molecule has 0 spiro atoms. The summed E-state index contributed by atoms with van der Waals surface area (Å²) in [6, 6.07) is 1.96. The van der Waals surface area contributed by atoms with E-state index in [9.17, 15) is 4.79 Å². The van der Waals surface area contributed by atoms with Gasteiger partial charge in [-0.05, 0) is 24.8 Å². The van der Waals surface area contributed by atoms with Crippen LogP contribution in [0, 0.1) is 11.8 Å². The van der Waals surface area contributed by atoms with Crippen molar-refractivity contribution in [2.45, 2.75) is 25.9 Å².